The van der Waals surface area contributed by atoms with Crippen molar-refractivity contribution in [3.05, 3.63) is 29.3 Å². The molecule has 0 aliphatic rings. The highest BCUT2D eigenvalue weighted by atomic mass is 35.5. The molecule has 0 spiro atoms. The molecule has 0 saturated heterocycles. The molecular formula is C17H28ClN3O. The van der Waals surface area contributed by atoms with Crippen LogP contribution in [0.25, 0.3) is 0 Å². The Hall–Kier alpha value is -1.26. The summed E-state index contributed by atoms with van der Waals surface area (Å²) in [6.45, 7) is 12.9. The number of rotatable bonds is 8. The van der Waals surface area contributed by atoms with Gasteiger partial charge in [0, 0.05) is 30.3 Å². The number of amides is 2. The molecule has 0 aliphatic heterocycles. The second kappa shape index (κ2) is 9.70. The molecule has 0 heterocycles. The van der Waals surface area contributed by atoms with Gasteiger partial charge in [-0.1, -0.05) is 39.3 Å². The number of anilines is 1. The lowest BCUT2D eigenvalue weighted by Crippen LogP contribution is -2.42. The molecule has 1 N–H and O–H groups in total. The van der Waals surface area contributed by atoms with Crippen LogP contribution < -0.4 is 5.32 Å². The van der Waals surface area contributed by atoms with Gasteiger partial charge in [-0.2, -0.15) is 0 Å². The third-order valence-electron chi connectivity index (χ3n) is 3.55. The predicted octanol–water partition coefficient (Wildman–Crippen LogP) is 4.17. The molecule has 1 rings (SSSR count). The third-order valence-corrected chi connectivity index (χ3v) is 3.80. The molecule has 1 aromatic carbocycles. The van der Waals surface area contributed by atoms with Gasteiger partial charge in [0.2, 0.25) is 0 Å². The van der Waals surface area contributed by atoms with E-state index in [1.54, 1.807) is 12.1 Å². The first-order valence-corrected chi connectivity index (χ1v) is 8.37. The summed E-state index contributed by atoms with van der Waals surface area (Å²) < 4.78 is 0. The molecule has 2 amide bonds. The van der Waals surface area contributed by atoms with Gasteiger partial charge < -0.3 is 15.1 Å². The van der Waals surface area contributed by atoms with Gasteiger partial charge in [-0.05, 0) is 43.3 Å². The first-order valence-electron chi connectivity index (χ1n) is 8.00. The summed E-state index contributed by atoms with van der Waals surface area (Å²) >= 11 is 5.87. The molecule has 5 heteroatoms. The maximum Gasteiger partial charge on any atom is 0.321 e. The van der Waals surface area contributed by atoms with Crippen LogP contribution in [0.15, 0.2) is 24.3 Å². The molecule has 0 atom stereocenters. The summed E-state index contributed by atoms with van der Waals surface area (Å²) in [5, 5.41) is 3.61. The number of nitrogens with one attached hydrogen (secondary N) is 1. The van der Waals surface area contributed by atoms with Gasteiger partial charge >= 0.3 is 6.03 Å². The SMILES string of the molecule is CCN(CC)CCN(CC(C)C)C(=O)Nc1ccc(Cl)cc1. The maximum absolute atomic E-state index is 12.5. The third kappa shape index (κ3) is 6.67. The average Bonchev–Trinajstić information content (AvgIpc) is 2.49. The van der Waals surface area contributed by atoms with Gasteiger partial charge in [-0.15, -0.1) is 0 Å². The minimum atomic E-state index is -0.0526. The van der Waals surface area contributed by atoms with Gasteiger partial charge in [0.25, 0.3) is 0 Å². The normalized spacial score (nSPS) is 11.0. The van der Waals surface area contributed by atoms with Crippen LogP contribution in [0.1, 0.15) is 27.7 Å². The van der Waals surface area contributed by atoms with E-state index in [1.165, 1.54) is 0 Å². The molecular weight excluding hydrogens is 298 g/mol. The number of hydrogen-bond donors (Lipinski definition) is 1. The minimum Gasteiger partial charge on any atom is -0.323 e. The Bertz CT molecular complexity index is 444. The lowest BCUT2D eigenvalue weighted by atomic mass is 10.2. The Morgan fingerprint density at radius 2 is 1.73 bits per heavy atom. The van der Waals surface area contributed by atoms with Gasteiger partial charge in [0.05, 0.1) is 0 Å². The molecule has 22 heavy (non-hydrogen) atoms. The fourth-order valence-corrected chi connectivity index (χ4v) is 2.38. The number of urea groups is 1. The van der Waals surface area contributed by atoms with Crippen LogP contribution in [0.4, 0.5) is 10.5 Å². The maximum atomic E-state index is 12.5. The van der Waals surface area contributed by atoms with Gasteiger partial charge in [-0.25, -0.2) is 4.79 Å². The fourth-order valence-electron chi connectivity index (χ4n) is 2.25. The van der Waals surface area contributed by atoms with Crippen molar-refractivity contribution in [3.63, 3.8) is 0 Å². The predicted molar refractivity (Wildman–Crippen MR) is 94.7 cm³/mol. The lowest BCUT2D eigenvalue weighted by Gasteiger charge is -2.28. The van der Waals surface area contributed by atoms with Crippen molar-refractivity contribution in [2.75, 3.05) is 38.0 Å². The van der Waals surface area contributed by atoms with Crippen LogP contribution >= 0.6 is 11.6 Å². The summed E-state index contributed by atoms with van der Waals surface area (Å²) in [5.74, 6) is 0.438. The zero-order valence-corrected chi connectivity index (χ0v) is 14.9. The van der Waals surface area contributed by atoms with Crippen molar-refractivity contribution in [2.24, 2.45) is 5.92 Å². The molecule has 0 aliphatic carbocycles. The summed E-state index contributed by atoms with van der Waals surface area (Å²) in [7, 11) is 0. The van der Waals surface area contributed by atoms with E-state index in [1.807, 2.05) is 17.0 Å². The summed E-state index contributed by atoms with van der Waals surface area (Å²) in [5.41, 5.74) is 0.769. The summed E-state index contributed by atoms with van der Waals surface area (Å²) in [6, 6.07) is 7.14. The molecule has 124 valence electrons. The Balaban J connectivity index is 2.64. The zero-order chi connectivity index (χ0) is 16.5. The van der Waals surface area contributed by atoms with Crippen LogP contribution in [0.5, 0.6) is 0 Å². The van der Waals surface area contributed by atoms with Gasteiger partial charge in [0.1, 0.15) is 0 Å². The first-order chi connectivity index (χ1) is 10.5. The summed E-state index contributed by atoms with van der Waals surface area (Å²) in [6.07, 6.45) is 0. The van der Waals surface area contributed by atoms with E-state index in [9.17, 15) is 4.79 Å². The molecule has 1 aromatic rings. The molecule has 0 radical (unpaired) electrons. The Labute approximate surface area is 139 Å². The average molecular weight is 326 g/mol. The van der Waals surface area contributed by atoms with Crippen LogP contribution in [-0.4, -0.2) is 48.6 Å². The fraction of sp³-hybridized carbons (Fsp3) is 0.588. The first kappa shape index (κ1) is 18.8. The topological polar surface area (TPSA) is 35.6 Å². The number of nitrogens with zero attached hydrogens (tertiary/aromatic N) is 2. The van der Waals surface area contributed by atoms with Crippen molar-refractivity contribution >= 4 is 23.3 Å². The van der Waals surface area contributed by atoms with E-state index in [-0.39, 0.29) is 6.03 Å². The van der Waals surface area contributed by atoms with Crippen LogP contribution in [0, 0.1) is 5.92 Å². The Morgan fingerprint density at radius 3 is 2.23 bits per heavy atom. The van der Waals surface area contributed by atoms with E-state index >= 15 is 0 Å². The van der Waals surface area contributed by atoms with E-state index in [0.717, 1.165) is 38.4 Å². The van der Waals surface area contributed by atoms with Crippen molar-refractivity contribution in [2.45, 2.75) is 27.7 Å². The standard InChI is InChI=1S/C17H28ClN3O/c1-5-20(6-2)11-12-21(13-14(3)4)17(22)19-16-9-7-15(18)8-10-16/h7-10,14H,5-6,11-13H2,1-4H3,(H,19,22). The molecule has 0 bridgehead atoms. The Morgan fingerprint density at radius 1 is 1.14 bits per heavy atom. The van der Waals surface area contributed by atoms with Crippen molar-refractivity contribution in [1.29, 1.82) is 0 Å². The quantitative estimate of drug-likeness (QED) is 0.778. The van der Waals surface area contributed by atoms with Crippen molar-refractivity contribution < 1.29 is 4.79 Å². The number of hydrogen-bond acceptors (Lipinski definition) is 2. The number of likely N-dealkylation sites (N-methyl/N-ethyl adjacent to an activating group) is 1. The summed E-state index contributed by atoms with van der Waals surface area (Å²) in [4.78, 5) is 16.7. The lowest BCUT2D eigenvalue weighted by molar-refractivity contribution is 0.189. The Kier molecular flexibility index (Phi) is 8.28. The van der Waals surface area contributed by atoms with E-state index < -0.39 is 0 Å². The molecule has 4 nitrogen and oxygen atoms in total. The number of carbonyl (C=O) groups excluding carboxylic acids is 1. The minimum absolute atomic E-state index is 0.0526. The highest BCUT2D eigenvalue weighted by Gasteiger charge is 2.15. The number of halogens is 1. The second-order valence-electron chi connectivity index (χ2n) is 5.80. The van der Waals surface area contributed by atoms with Crippen molar-refractivity contribution in [1.82, 2.24) is 9.80 Å². The van der Waals surface area contributed by atoms with Gasteiger partial charge in [-0.3, -0.25) is 0 Å². The smallest absolute Gasteiger partial charge is 0.321 e. The second-order valence-corrected chi connectivity index (χ2v) is 6.24. The monoisotopic (exact) mass is 325 g/mol. The molecule has 0 aromatic heterocycles. The van der Waals surface area contributed by atoms with Gasteiger partial charge in [0.15, 0.2) is 0 Å². The molecule has 0 fully saturated rings. The highest BCUT2D eigenvalue weighted by Crippen LogP contribution is 2.14. The number of benzene rings is 1. The molecule has 0 saturated carbocycles. The van der Waals surface area contributed by atoms with E-state index in [2.05, 4.69) is 37.9 Å². The van der Waals surface area contributed by atoms with Crippen molar-refractivity contribution in [3.8, 4) is 0 Å². The number of carbonyl (C=O) groups is 1. The zero-order valence-electron chi connectivity index (χ0n) is 14.1. The van der Waals surface area contributed by atoms with E-state index in [4.69, 9.17) is 11.6 Å². The van der Waals surface area contributed by atoms with Crippen LogP contribution in [0.3, 0.4) is 0 Å². The highest BCUT2D eigenvalue weighted by molar-refractivity contribution is 6.30. The van der Waals surface area contributed by atoms with Crippen LogP contribution in [0.2, 0.25) is 5.02 Å². The van der Waals surface area contributed by atoms with Crippen LogP contribution in [-0.2, 0) is 0 Å². The molecule has 0 unspecified atom stereocenters. The largest absolute Gasteiger partial charge is 0.323 e. The van der Waals surface area contributed by atoms with E-state index in [0.29, 0.717) is 10.9 Å².